The molecule has 0 radical (unpaired) electrons. The SMILES string of the molecule is CC(C)(C)N(CCN(CCN(C(C)(C)C)C(C)(C)C)CCN(C(C)(C)C)C(C)(C)C)C(C)(C)C. The standard InChI is InChI=1S/C30H66N4/c1-25(2,3)32(26(4,5)6)22-19-31(20-23-33(27(7,8)9)28(10,11)12)21-24-34(29(13,14)15)30(16,17)18/h19-24H2,1-18H3. The van der Waals surface area contributed by atoms with E-state index in [2.05, 4.69) is 144 Å². The monoisotopic (exact) mass is 483 g/mol. The summed E-state index contributed by atoms with van der Waals surface area (Å²) in [5.41, 5.74) is 0.891. The van der Waals surface area contributed by atoms with Crippen molar-refractivity contribution in [3.05, 3.63) is 0 Å². The first kappa shape index (κ1) is 33.8. The first-order chi connectivity index (χ1) is 14.7. The van der Waals surface area contributed by atoms with E-state index in [0.717, 1.165) is 39.3 Å². The molecular weight excluding hydrogens is 416 g/mol. The van der Waals surface area contributed by atoms with Gasteiger partial charge in [0.05, 0.1) is 0 Å². The van der Waals surface area contributed by atoms with Gasteiger partial charge in [-0.05, 0) is 125 Å². The maximum absolute atomic E-state index is 2.72. The minimum Gasteiger partial charge on any atom is -0.300 e. The van der Waals surface area contributed by atoms with Crippen LogP contribution < -0.4 is 0 Å². The molecule has 0 fully saturated rings. The summed E-state index contributed by atoms with van der Waals surface area (Å²) < 4.78 is 0. The summed E-state index contributed by atoms with van der Waals surface area (Å²) in [4.78, 5) is 10.7. The summed E-state index contributed by atoms with van der Waals surface area (Å²) in [5.74, 6) is 0. The lowest BCUT2D eigenvalue weighted by Crippen LogP contribution is -2.58. The second kappa shape index (κ2) is 11.5. The third-order valence-corrected chi connectivity index (χ3v) is 6.78. The predicted octanol–water partition coefficient (Wildman–Crippen LogP) is 6.99. The van der Waals surface area contributed by atoms with E-state index in [9.17, 15) is 0 Å². The van der Waals surface area contributed by atoms with Crippen LogP contribution in [0.4, 0.5) is 0 Å². The van der Waals surface area contributed by atoms with E-state index in [1.807, 2.05) is 0 Å². The smallest absolute Gasteiger partial charge is 0.0130 e. The molecule has 0 aromatic carbocycles. The fourth-order valence-corrected chi connectivity index (χ4v) is 6.09. The molecule has 0 atom stereocenters. The normalized spacial score (nSPS) is 15.4. The van der Waals surface area contributed by atoms with Gasteiger partial charge in [-0.25, -0.2) is 0 Å². The van der Waals surface area contributed by atoms with Crippen LogP contribution in [0.1, 0.15) is 125 Å². The van der Waals surface area contributed by atoms with Crippen LogP contribution in [0.3, 0.4) is 0 Å². The Morgan fingerprint density at radius 2 is 0.412 bits per heavy atom. The molecule has 0 spiro atoms. The molecule has 0 heterocycles. The Hall–Kier alpha value is -0.160. The zero-order chi connectivity index (χ0) is 27.6. The third-order valence-electron chi connectivity index (χ3n) is 6.78. The molecule has 0 aromatic heterocycles. The largest absolute Gasteiger partial charge is 0.300 e. The van der Waals surface area contributed by atoms with E-state index in [-0.39, 0.29) is 33.2 Å². The third kappa shape index (κ3) is 11.7. The Morgan fingerprint density at radius 1 is 0.265 bits per heavy atom. The molecule has 0 amide bonds. The Labute approximate surface area is 216 Å². The van der Waals surface area contributed by atoms with Crippen molar-refractivity contribution in [1.29, 1.82) is 0 Å². The number of hydrogen-bond donors (Lipinski definition) is 0. The molecule has 0 saturated carbocycles. The van der Waals surface area contributed by atoms with Crippen molar-refractivity contribution in [2.24, 2.45) is 0 Å². The lowest BCUT2D eigenvalue weighted by atomic mass is 9.95. The summed E-state index contributed by atoms with van der Waals surface area (Å²) in [6.07, 6.45) is 0. The molecule has 206 valence electrons. The average molecular weight is 483 g/mol. The summed E-state index contributed by atoms with van der Waals surface area (Å²) >= 11 is 0. The molecule has 4 nitrogen and oxygen atoms in total. The van der Waals surface area contributed by atoms with E-state index < -0.39 is 0 Å². The molecule has 0 aliphatic heterocycles. The van der Waals surface area contributed by atoms with Gasteiger partial charge in [-0.3, -0.25) is 19.6 Å². The van der Waals surface area contributed by atoms with Gasteiger partial charge in [-0.15, -0.1) is 0 Å². The van der Waals surface area contributed by atoms with Crippen molar-refractivity contribution < 1.29 is 0 Å². The first-order valence-electron chi connectivity index (χ1n) is 13.7. The second-order valence-corrected chi connectivity index (χ2v) is 16.3. The lowest BCUT2D eigenvalue weighted by molar-refractivity contribution is 0.00111. The molecule has 0 aliphatic carbocycles. The summed E-state index contributed by atoms with van der Waals surface area (Å²) in [5, 5.41) is 0. The van der Waals surface area contributed by atoms with Crippen LogP contribution in [0, 0.1) is 0 Å². The molecule has 0 bridgehead atoms. The molecule has 0 unspecified atom stereocenters. The lowest BCUT2D eigenvalue weighted by Gasteiger charge is -2.48. The Kier molecular flexibility index (Phi) is 11.4. The molecule has 0 aromatic rings. The summed E-state index contributed by atoms with van der Waals surface area (Å²) in [6, 6.07) is 0. The number of nitrogens with zero attached hydrogens (tertiary/aromatic N) is 4. The van der Waals surface area contributed by atoms with Gasteiger partial charge < -0.3 is 0 Å². The first-order valence-corrected chi connectivity index (χ1v) is 13.7. The fourth-order valence-electron chi connectivity index (χ4n) is 6.09. The van der Waals surface area contributed by atoms with E-state index in [4.69, 9.17) is 0 Å². The molecule has 4 heteroatoms. The van der Waals surface area contributed by atoms with Gasteiger partial charge in [-0.2, -0.15) is 0 Å². The quantitative estimate of drug-likeness (QED) is 0.351. The predicted molar refractivity (Wildman–Crippen MR) is 155 cm³/mol. The van der Waals surface area contributed by atoms with Crippen molar-refractivity contribution in [3.63, 3.8) is 0 Å². The van der Waals surface area contributed by atoms with Gasteiger partial charge in [0.15, 0.2) is 0 Å². The van der Waals surface area contributed by atoms with Gasteiger partial charge in [0.25, 0.3) is 0 Å². The highest BCUT2D eigenvalue weighted by molar-refractivity contribution is 4.91. The highest BCUT2D eigenvalue weighted by Crippen LogP contribution is 2.27. The fraction of sp³-hybridized carbons (Fsp3) is 1.00. The van der Waals surface area contributed by atoms with Crippen molar-refractivity contribution in [2.75, 3.05) is 39.3 Å². The molecule has 34 heavy (non-hydrogen) atoms. The highest BCUT2D eigenvalue weighted by Gasteiger charge is 2.35. The summed E-state index contributed by atoms with van der Waals surface area (Å²) in [6.45, 7) is 48.9. The minimum absolute atomic E-state index is 0.148. The van der Waals surface area contributed by atoms with Crippen LogP contribution in [0.15, 0.2) is 0 Å². The van der Waals surface area contributed by atoms with Crippen molar-refractivity contribution in [3.8, 4) is 0 Å². The Bertz CT molecular complexity index is 455. The highest BCUT2D eigenvalue weighted by atomic mass is 15.3. The van der Waals surface area contributed by atoms with Crippen LogP contribution in [-0.4, -0.2) is 92.1 Å². The van der Waals surface area contributed by atoms with Gasteiger partial charge in [0.2, 0.25) is 0 Å². The van der Waals surface area contributed by atoms with E-state index in [0.29, 0.717) is 0 Å². The topological polar surface area (TPSA) is 13.0 Å². The summed E-state index contributed by atoms with van der Waals surface area (Å²) in [7, 11) is 0. The van der Waals surface area contributed by atoms with Crippen LogP contribution in [-0.2, 0) is 0 Å². The van der Waals surface area contributed by atoms with Crippen molar-refractivity contribution in [1.82, 2.24) is 19.6 Å². The molecule has 0 saturated heterocycles. The average Bonchev–Trinajstić information content (AvgIpc) is 2.46. The van der Waals surface area contributed by atoms with Crippen molar-refractivity contribution >= 4 is 0 Å². The van der Waals surface area contributed by atoms with Crippen LogP contribution in [0.25, 0.3) is 0 Å². The molecule has 0 rings (SSSR count). The van der Waals surface area contributed by atoms with Crippen LogP contribution >= 0.6 is 0 Å². The Morgan fingerprint density at radius 3 is 0.529 bits per heavy atom. The number of rotatable bonds is 9. The van der Waals surface area contributed by atoms with Crippen molar-refractivity contribution in [2.45, 2.75) is 158 Å². The van der Waals surface area contributed by atoms with Gasteiger partial charge in [0, 0.05) is 72.5 Å². The Balaban J connectivity index is 5.79. The van der Waals surface area contributed by atoms with Gasteiger partial charge in [-0.1, -0.05) is 0 Å². The minimum atomic E-state index is 0.148. The van der Waals surface area contributed by atoms with E-state index in [1.165, 1.54) is 0 Å². The molecule has 0 N–H and O–H groups in total. The van der Waals surface area contributed by atoms with Crippen LogP contribution in [0.2, 0.25) is 0 Å². The maximum Gasteiger partial charge on any atom is 0.0130 e. The molecular formula is C30H66N4. The van der Waals surface area contributed by atoms with Gasteiger partial charge in [0.1, 0.15) is 0 Å². The zero-order valence-electron chi connectivity index (χ0n) is 27.0. The zero-order valence-corrected chi connectivity index (χ0v) is 27.0. The van der Waals surface area contributed by atoms with E-state index >= 15 is 0 Å². The van der Waals surface area contributed by atoms with Gasteiger partial charge >= 0.3 is 0 Å². The van der Waals surface area contributed by atoms with E-state index in [1.54, 1.807) is 0 Å². The van der Waals surface area contributed by atoms with Crippen LogP contribution in [0.5, 0.6) is 0 Å². The second-order valence-electron chi connectivity index (χ2n) is 16.3. The number of hydrogen-bond acceptors (Lipinski definition) is 4. The molecule has 0 aliphatic rings. The maximum atomic E-state index is 2.72.